The molecule has 1 aliphatic rings. The van der Waals surface area contributed by atoms with Gasteiger partial charge in [0.1, 0.15) is 11.2 Å². The summed E-state index contributed by atoms with van der Waals surface area (Å²) in [6.07, 6.45) is 1.71. The van der Waals surface area contributed by atoms with Gasteiger partial charge in [-0.2, -0.15) is 0 Å². The molecule has 1 amide bonds. The van der Waals surface area contributed by atoms with E-state index in [1.165, 1.54) is 11.3 Å². The molecule has 0 saturated heterocycles. The first-order valence-electron chi connectivity index (χ1n) is 5.14. The highest BCUT2D eigenvalue weighted by atomic mass is 79.9. The minimum atomic E-state index is 0.0566. The maximum Gasteiger partial charge on any atom is 0.265 e. The largest absolute Gasteiger partial charge is 0.329 e. The van der Waals surface area contributed by atoms with E-state index in [1.54, 1.807) is 11.2 Å². The predicted molar refractivity (Wildman–Crippen MR) is 66.8 cm³/mol. The summed E-state index contributed by atoms with van der Waals surface area (Å²) in [7, 11) is 0. The zero-order valence-corrected chi connectivity index (χ0v) is 11.2. The monoisotopic (exact) mass is 312 g/mol. The Labute approximate surface area is 110 Å². The van der Waals surface area contributed by atoms with Crippen LogP contribution in [0.2, 0.25) is 0 Å². The number of hydrogen-bond acceptors (Lipinski definition) is 4. The lowest BCUT2D eigenvalue weighted by atomic mass is 10.3. The molecular weight excluding hydrogens is 304 g/mol. The van der Waals surface area contributed by atoms with Crippen LogP contribution in [0, 0.1) is 0 Å². The number of hydrogen-bond donors (Lipinski definition) is 0. The molecule has 0 aliphatic carbocycles. The predicted octanol–water partition coefficient (Wildman–Crippen LogP) is 1.76. The van der Waals surface area contributed by atoms with Gasteiger partial charge in [-0.15, -0.1) is 21.5 Å². The van der Waals surface area contributed by atoms with E-state index in [1.807, 2.05) is 16.0 Å². The fourth-order valence-electron chi connectivity index (χ4n) is 1.83. The molecule has 0 atom stereocenters. The average Bonchev–Trinajstić information content (AvgIpc) is 2.95. The maximum absolute atomic E-state index is 12.3. The lowest BCUT2D eigenvalue weighted by Gasteiger charge is -2.26. The van der Waals surface area contributed by atoms with Gasteiger partial charge < -0.3 is 9.47 Å². The van der Waals surface area contributed by atoms with Gasteiger partial charge in [0.2, 0.25) is 0 Å². The summed E-state index contributed by atoms with van der Waals surface area (Å²) in [6, 6.07) is 1.89. The topological polar surface area (TPSA) is 51.0 Å². The Morgan fingerprint density at radius 3 is 3.12 bits per heavy atom. The summed E-state index contributed by atoms with van der Waals surface area (Å²) in [5.41, 5.74) is 0. The van der Waals surface area contributed by atoms with E-state index in [0.29, 0.717) is 13.1 Å². The Hall–Kier alpha value is -1.21. The number of nitrogens with zero attached hydrogens (tertiary/aromatic N) is 4. The Bertz CT molecular complexity index is 564. The number of amides is 1. The Kier molecular flexibility index (Phi) is 2.71. The van der Waals surface area contributed by atoms with E-state index >= 15 is 0 Å². The second-order valence-electron chi connectivity index (χ2n) is 3.76. The quantitative estimate of drug-likeness (QED) is 0.806. The molecule has 0 bridgehead atoms. The molecule has 3 heterocycles. The number of fused-ring (bicyclic) bond motifs is 1. The molecule has 0 N–H and O–H groups in total. The van der Waals surface area contributed by atoms with Crippen molar-refractivity contribution in [3.8, 4) is 0 Å². The van der Waals surface area contributed by atoms with Crippen LogP contribution in [-0.2, 0) is 13.1 Å². The number of rotatable bonds is 1. The molecule has 0 spiro atoms. The van der Waals surface area contributed by atoms with Gasteiger partial charge in [-0.05, 0) is 27.4 Å². The summed E-state index contributed by atoms with van der Waals surface area (Å²) < 4.78 is 2.84. The van der Waals surface area contributed by atoms with Gasteiger partial charge in [0.15, 0.2) is 5.82 Å². The summed E-state index contributed by atoms with van der Waals surface area (Å²) >= 11 is 4.84. The average molecular weight is 313 g/mol. The molecule has 0 radical (unpaired) electrons. The smallest absolute Gasteiger partial charge is 0.265 e. The van der Waals surface area contributed by atoms with E-state index < -0.39 is 0 Å². The van der Waals surface area contributed by atoms with Crippen LogP contribution < -0.4 is 0 Å². The van der Waals surface area contributed by atoms with Crippen molar-refractivity contribution in [2.45, 2.75) is 13.1 Å². The minimum absolute atomic E-state index is 0.0566. The Balaban J connectivity index is 1.84. The van der Waals surface area contributed by atoms with Crippen molar-refractivity contribution in [3.63, 3.8) is 0 Å². The first kappa shape index (κ1) is 10.9. The summed E-state index contributed by atoms with van der Waals surface area (Å²) in [4.78, 5) is 14.8. The lowest BCUT2D eigenvalue weighted by molar-refractivity contribution is 0.0711. The molecule has 0 saturated carbocycles. The number of halogens is 1. The van der Waals surface area contributed by atoms with Crippen molar-refractivity contribution in [1.82, 2.24) is 19.7 Å². The SMILES string of the molecule is O=C(c1sccc1Br)N1CCn2cnnc2C1. The summed E-state index contributed by atoms with van der Waals surface area (Å²) in [5.74, 6) is 0.901. The van der Waals surface area contributed by atoms with Crippen LogP contribution in [-0.4, -0.2) is 32.1 Å². The number of carbonyl (C=O) groups is 1. The van der Waals surface area contributed by atoms with Gasteiger partial charge in [0.05, 0.1) is 6.54 Å². The molecule has 0 aromatic carbocycles. The van der Waals surface area contributed by atoms with Crippen molar-refractivity contribution in [2.24, 2.45) is 0 Å². The molecule has 7 heteroatoms. The molecule has 2 aromatic rings. The van der Waals surface area contributed by atoms with Crippen LogP contribution in [0.5, 0.6) is 0 Å². The van der Waals surface area contributed by atoms with E-state index in [-0.39, 0.29) is 5.91 Å². The normalized spacial score (nSPS) is 14.8. The molecule has 3 rings (SSSR count). The zero-order chi connectivity index (χ0) is 11.8. The maximum atomic E-state index is 12.3. The van der Waals surface area contributed by atoms with Crippen LogP contribution in [0.4, 0.5) is 0 Å². The van der Waals surface area contributed by atoms with Crippen LogP contribution in [0.25, 0.3) is 0 Å². The van der Waals surface area contributed by atoms with Crippen molar-refractivity contribution in [3.05, 3.63) is 32.9 Å². The summed E-state index contributed by atoms with van der Waals surface area (Å²) in [6.45, 7) is 1.99. The lowest BCUT2D eigenvalue weighted by Crippen LogP contribution is -2.38. The molecular formula is C10H9BrN4OS. The first-order valence-corrected chi connectivity index (χ1v) is 6.82. The van der Waals surface area contributed by atoms with E-state index in [4.69, 9.17) is 0 Å². The molecule has 2 aromatic heterocycles. The van der Waals surface area contributed by atoms with Gasteiger partial charge in [-0.1, -0.05) is 0 Å². The van der Waals surface area contributed by atoms with Crippen LogP contribution in [0.3, 0.4) is 0 Å². The van der Waals surface area contributed by atoms with Crippen molar-refractivity contribution >= 4 is 33.2 Å². The van der Waals surface area contributed by atoms with Crippen LogP contribution in [0.15, 0.2) is 22.2 Å². The first-order chi connectivity index (χ1) is 8.25. The van der Waals surface area contributed by atoms with Crippen molar-refractivity contribution in [1.29, 1.82) is 0 Å². The summed E-state index contributed by atoms with van der Waals surface area (Å²) in [5, 5.41) is 9.76. The fourth-order valence-corrected chi connectivity index (χ4v) is 3.34. The van der Waals surface area contributed by atoms with Gasteiger partial charge >= 0.3 is 0 Å². The highest BCUT2D eigenvalue weighted by Gasteiger charge is 2.24. The van der Waals surface area contributed by atoms with Crippen molar-refractivity contribution < 1.29 is 4.79 Å². The molecule has 5 nitrogen and oxygen atoms in total. The van der Waals surface area contributed by atoms with E-state index in [0.717, 1.165) is 21.7 Å². The third kappa shape index (κ3) is 1.89. The molecule has 17 heavy (non-hydrogen) atoms. The highest BCUT2D eigenvalue weighted by Crippen LogP contribution is 2.25. The number of carbonyl (C=O) groups excluding carboxylic acids is 1. The highest BCUT2D eigenvalue weighted by molar-refractivity contribution is 9.10. The fraction of sp³-hybridized carbons (Fsp3) is 0.300. The molecule has 88 valence electrons. The van der Waals surface area contributed by atoms with Crippen LogP contribution >= 0.6 is 27.3 Å². The standard InChI is InChI=1S/C10H9BrN4OS/c11-7-1-4-17-9(7)10(16)14-2-3-15-6-12-13-8(15)5-14/h1,4,6H,2-3,5H2. The van der Waals surface area contributed by atoms with E-state index in [2.05, 4.69) is 26.1 Å². The van der Waals surface area contributed by atoms with E-state index in [9.17, 15) is 4.79 Å². The van der Waals surface area contributed by atoms with Gasteiger partial charge in [0, 0.05) is 17.6 Å². The van der Waals surface area contributed by atoms with Gasteiger partial charge in [-0.3, -0.25) is 4.79 Å². The molecule has 1 aliphatic heterocycles. The van der Waals surface area contributed by atoms with Gasteiger partial charge in [0.25, 0.3) is 5.91 Å². The Morgan fingerprint density at radius 2 is 2.35 bits per heavy atom. The second-order valence-corrected chi connectivity index (χ2v) is 5.54. The number of thiophene rings is 1. The van der Waals surface area contributed by atoms with Crippen LogP contribution in [0.1, 0.15) is 15.5 Å². The van der Waals surface area contributed by atoms with Crippen molar-refractivity contribution in [2.75, 3.05) is 6.54 Å². The molecule has 0 unspecified atom stereocenters. The zero-order valence-electron chi connectivity index (χ0n) is 8.84. The van der Waals surface area contributed by atoms with Gasteiger partial charge in [-0.25, -0.2) is 0 Å². The third-order valence-corrected chi connectivity index (χ3v) is 4.56. The Morgan fingerprint density at radius 1 is 1.47 bits per heavy atom. The molecule has 0 fully saturated rings. The second kappa shape index (κ2) is 4.23. The third-order valence-electron chi connectivity index (χ3n) is 2.74. The number of aromatic nitrogens is 3. The minimum Gasteiger partial charge on any atom is -0.329 e.